The number of halogens is 1. The van der Waals surface area contributed by atoms with Crippen LogP contribution in [-0.4, -0.2) is 0 Å². The summed E-state index contributed by atoms with van der Waals surface area (Å²) in [7, 11) is 0. The first-order valence-corrected chi connectivity index (χ1v) is 2.26. The summed E-state index contributed by atoms with van der Waals surface area (Å²) in [6.45, 7) is 3.72. The Balaban J connectivity index is 0. The van der Waals surface area contributed by atoms with Gasteiger partial charge in [0.1, 0.15) is 0 Å². The van der Waals surface area contributed by atoms with Crippen molar-refractivity contribution in [2.45, 2.75) is 0 Å². The van der Waals surface area contributed by atoms with Crippen molar-refractivity contribution in [1.29, 1.82) is 0 Å². The van der Waals surface area contributed by atoms with Crippen molar-refractivity contribution in [2.75, 3.05) is 0 Å². The molecule has 0 aliphatic rings. The van der Waals surface area contributed by atoms with Gasteiger partial charge in [0.2, 0.25) is 0 Å². The molecule has 1 rings (SSSR count). The summed E-state index contributed by atoms with van der Waals surface area (Å²) in [5, 5.41) is 0. The number of hydrogen-bond acceptors (Lipinski definition) is 0. The molecule has 0 nitrogen and oxygen atoms in total. The molecule has 0 saturated heterocycles. The molecule has 0 aliphatic heterocycles. The molecule has 46 valence electrons. The Bertz CT molecular complexity index is 139. The van der Waals surface area contributed by atoms with Crippen LogP contribution in [0.25, 0.3) is 0 Å². The Morgan fingerprint density at radius 2 is 1.44 bits per heavy atom. The van der Waals surface area contributed by atoms with Crippen molar-refractivity contribution < 1.29 is 45.7 Å². The molecule has 0 atom stereocenters. The summed E-state index contributed by atoms with van der Waals surface area (Å²) < 4.78 is 0. The van der Waals surface area contributed by atoms with Gasteiger partial charge >= 0.3 is 21.7 Å². The van der Waals surface area contributed by atoms with Crippen LogP contribution in [0, 0.1) is 6.92 Å². The van der Waals surface area contributed by atoms with E-state index in [0.29, 0.717) is 0 Å². The van der Waals surface area contributed by atoms with Crippen LogP contribution in [-0.2, 0) is 21.7 Å². The fourth-order valence-corrected chi connectivity index (χ4v) is 0.478. The predicted molar refractivity (Wildman–Crippen MR) is 30.9 cm³/mol. The van der Waals surface area contributed by atoms with Crippen molar-refractivity contribution in [2.24, 2.45) is 0 Å². The Kier molecular flexibility index (Phi) is 9.04. The number of hydrogen-bond donors (Lipinski definition) is 0. The van der Waals surface area contributed by atoms with E-state index in [-0.39, 0.29) is 45.7 Å². The second-order valence-electron chi connectivity index (χ2n) is 1.49. The molecule has 0 fully saturated rings. The van der Waals surface area contributed by atoms with Gasteiger partial charge in [-0.25, -0.2) is 0 Å². The molecule has 0 unspecified atom stereocenters. The van der Waals surface area contributed by atoms with E-state index >= 15 is 0 Å². The molecule has 0 radical (unpaired) electrons. The van der Waals surface area contributed by atoms with E-state index in [1.54, 1.807) is 0 Å². The largest absolute Gasteiger partial charge is 2.00 e. The minimum absolute atomic E-state index is 0. The van der Waals surface area contributed by atoms with E-state index in [9.17, 15) is 0 Å². The van der Waals surface area contributed by atoms with Crippen LogP contribution in [0.4, 0.5) is 0 Å². The molecule has 1 aromatic carbocycles. The molecule has 1 aromatic rings. The van der Waals surface area contributed by atoms with Gasteiger partial charge in [0, 0.05) is 0 Å². The van der Waals surface area contributed by atoms with Crippen LogP contribution in [0.1, 0.15) is 5.56 Å². The summed E-state index contributed by atoms with van der Waals surface area (Å²) in [6.07, 6.45) is 0. The molecular formula is C7H7ITi. The van der Waals surface area contributed by atoms with Gasteiger partial charge in [-0.05, 0) is 0 Å². The first-order valence-electron chi connectivity index (χ1n) is 2.26. The van der Waals surface area contributed by atoms with E-state index in [1.165, 1.54) is 0 Å². The number of benzene rings is 1. The zero-order valence-electron chi connectivity index (χ0n) is 4.97. The summed E-state index contributed by atoms with van der Waals surface area (Å²) >= 11 is 0. The maximum Gasteiger partial charge on any atom is 2.00 e. The average Bonchev–Trinajstić information content (AvgIpc) is 1.69. The first kappa shape index (κ1) is 12.2. The molecule has 0 N–H and O–H groups in total. The molecule has 0 amide bonds. The second-order valence-corrected chi connectivity index (χ2v) is 1.49. The zero-order chi connectivity index (χ0) is 5.11. The van der Waals surface area contributed by atoms with Crippen molar-refractivity contribution >= 4 is 0 Å². The third-order valence-electron chi connectivity index (χ3n) is 0.843. The molecule has 0 heterocycles. The van der Waals surface area contributed by atoms with E-state index in [1.807, 2.05) is 30.3 Å². The van der Waals surface area contributed by atoms with Crippen LogP contribution in [0.3, 0.4) is 0 Å². The van der Waals surface area contributed by atoms with E-state index in [4.69, 9.17) is 0 Å². The Labute approximate surface area is 87.9 Å². The molecule has 9 heavy (non-hydrogen) atoms. The zero-order valence-corrected chi connectivity index (χ0v) is 8.69. The molecule has 0 saturated carbocycles. The van der Waals surface area contributed by atoms with E-state index < -0.39 is 0 Å². The van der Waals surface area contributed by atoms with Gasteiger partial charge in [-0.15, -0.1) is 12.1 Å². The molecule has 2 heteroatoms. The normalized spacial score (nSPS) is 6.67. The minimum Gasteiger partial charge on any atom is -1.00 e. The van der Waals surface area contributed by atoms with Crippen LogP contribution < -0.4 is 24.0 Å². The van der Waals surface area contributed by atoms with Gasteiger partial charge in [-0.3, -0.25) is 0 Å². The maximum atomic E-state index is 3.72. The Morgan fingerprint density at radius 1 is 1.00 bits per heavy atom. The molecule has 0 aromatic heterocycles. The topological polar surface area (TPSA) is 0 Å². The van der Waals surface area contributed by atoms with Gasteiger partial charge in [-0.1, -0.05) is 6.07 Å². The summed E-state index contributed by atoms with van der Waals surface area (Å²) in [6, 6.07) is 9.87. The quantitative estimate of drug-likeness (QED) is 0.317. The minimum atomic E-state index is 0. The maximum absolute atomic E-state index is 3.72. The van der Waals surface area contributed by atoms with Gasteiger partial charge in [0.15, 0.2) is 0 Å². The van der Waals surface area contributed by atoms with E-state index in [2.05, 4.69) is 6.92 Å². The fourth-order valence-electron chi connectivity index (χ4n) is 0.478. The van der Waals surface area contributed by atoms with Crippen molar-refractivity contribution in [1.82, 2.24) is 0 Å². The third-order valence-corrected chi connectivity index (χ3v) is 0.843. The van der Waals surface area contributed by atoms with Crippen LogP contribution in [0.15, 0.2) is 30.3 Å². The monoisotopic (exact) mass is 266 g/mol. The van der Waals surface area contributed by atoms with Crippen LogP contribution in [0.2, 0.25) is 0 Å². The summed E-state index contributed by atoms with van der Waals surface area (Å²) in [5.41, 5.74) is 1.07. The van der Waals surface area contributed by atoms with Gasteiger partial charge in [0.05, 0.1) is 0 Å². The summed E-state index contributed by atoms with van der Waals surface area (Å²) in [5.74, 6) is 0. The third kappa shape index (κ3) is 5.00. The molecular weight excluding hydrogens is 259 g/mol. The SMILES string of the molecule is [CH2-]c1ccccc1.[I-].[Ti+2]. The van der Waals surface area contributed by atoms with Crippen LogP contribution >= 0.6 is 0 Å². The molecule has 0 bridgehead atoms. The fraction of sp³-hybridized carbons (Fsp3) is 0. The summed E-state index contributed by atoms with van der Waals surface area (Å²) in [4.78, 5) is 0. The number of rotatable bonds is 0. The van der Waals surface area contributed by atoms with Crippen molar-refractivity contribution in [3.8, 4) is 0 Å². The standard InChI is InChI=1S/C7H7.HI.Ti/c1-7-5-3-2-4-6-7;;/h2-6H,1H2;1H;/q-1;;+2/p-1. The Morgan fingerprint density at radius 3 is 1.67 bits per heavy atom. The van der Waals surface area contributed by atoms with Crippen molar-refractivity contribution in [3.05, 3.63) is 42.8 Å². The molecule has 0 aliphatic carbocycles. The second kappa shape index (κ2) is 6.65. The first-order chi connectivity index (χ1) is 3.39. The van der Waals surface area contributed by atoms with Crippen molar-refractivity contribution in [3.63, 3.8) is 0 Å². The Hall–Kier alpha value is 0.534. The molecule has 0 spiro atoms. The van der Waals surface area contributed by atoms with E-state index in [0.717, 1.165) is 5.56 Å². The van der Waals surface area contributed by atoms with Gasteiger partial charge in [0.25, 0.3) is 0 Å². The smallest absolute Gasteiger partial charge is 1.00 e. The van der Waals surface area contributed by atoms with Gasteiger partial charge in [-0.2, -0.15) is 24.6 Å². The van der Waals surface area contributed by atoms with Gasteiger partial charge < -0.3 is 24.0 Å². The predicted octanol–water partition coefficient (Wildman–Crippen LogP) is -1.13. The van der Waals surface area contributed by atoms with Crippen LogP contribution in [0.5, 0.6) is 0 Å². The average molecular weight is 266 g/mol.